The Kier molecular flexibility index (Phi) is 4.18. The number of nitrogens with zero attached hydrogens (tertiary/aromatic N) is 1. The predicted octanol–water partition coefficient (Wildman–Crippen LogP) is 5.30. The van der Waals surface area contributed by atoms with E-state index in [1.807, 2.05) is 0 Å². The average Bonchev–Trinajstić information content (AvgIpc) is 3.16. The van der Waals surface area contributed by atoms with E-state index in [4.69, 9.17) is 4.74 Å². The van der Waals surface area contributed by atoms with Crippen LogP contribution in [0.15, 0.2) is 36.5 Å². The smallest absolute Gasteiger partial charge is 0.465 e. The lowest BCUT2D eigenvalue weighted by Gasteiger charge is -2.05. The van der Waals surface area contributed by atoms with E-state index in [2.05, 4.69) is 14.5 Å². The Bertz CT molecular complexity index is 1000. The summed E-state index contributed by atoms with van der Waals surface area (Å²) in [6.45, 7) is 1.40. The number of aromatic nitrogens is 1. The highest BCUT2D eigenvalue weighted by Crippen LogP contribution is 2.45. The van der Waals surface area contributed by atoms with Crippen molar-refractivity contribution in [2.75, 3.05) is 0 Å². The molecule has 0 amide bonds. The molecule has 4 nitrogen and oxygen atoms in total. The van der Waals surface area contributed by atoms with Crippen LogP contribution >= 0.6 is 11.3 Å². The van der Waals surface area contributed by atoms with Crippen molar-refractivity contribution >= 4 is 11.3 Å². The highest BCUT2D eigenvalue weighted by atomic mass is 32.1. The Labute approximate surface area is 154 Å². The first-order valence-corrected chi connectivity index (χ1v) is 8.56. The standard InChI is InChI=1S/C18H11F4NO3S/c1-9-5-14-15(26-18(21,22)25-14)6-10(9)16-7-23-17(27-16)24-8-11-12(19)3-2-4-13(11)20/h2-7H,8H2,1H3. The van der Waals surface area contributed by atoms with Crippen LogP contribution in [0.25, 0.3) is 10.4 Å². The first-order valence-electron chi connectivity index (χ1n) is 7.75. The van der Waals surface area contributed by atoms with E-state index in [-0.39, 0.29) is 28.9 Å². The second-order valence-corrected chi connectivity index (χ2v) is 6.75. The molecule has 0 aliphatic carbocycles. The van der Waals surface area contributed by atoms with E-state index in [0.717, 1.165) is 23.5 Å². The van der Waals surface area contributed by atoms with Crippen LogP contribution in [0, 0.1) is 18.6 Å². The molecule has 0 saturated carbocycles. The van der Waals surface area contributed by atoms with E-state index in [1.165, 1.54) is 24.4 Å². The number of halogens is 4. The largest absolute Gasteiger partial charge is 0.586 e. The average molecular weight is 397 g/mol. The lowest BCUT2D eigenvalue weighted by atomic mass is 10.1. The molecule has 2 heterocycles. The molecule has 27 heavy (non-hydrogen) atoms. The van der Waals surface area contributed by atoms with Gasteiger partial charge in [-0.05, 0) is 36.8 Å². The van der Waals surface area contributed by atoms with Gasteiger partial charge in [-0.2, -0.15) is 0 Å². The van der Waals surface area contributed by atoms with Crippen LogP contribution in [0.2, 0.25) is 0 Å². The minimum atomic E-state index is -3.70. The van der Waals surface area contributed by atoms with E-state index in [1.54, 1.807) is 6.92 Å². The van der Waals surface area contributed by atoms with Gasteiger partial charge >= 0.3 is 6.29 Å². The zero-order valence-corrected chi connectivity index (χ0v) is 14.6. The Morgan fingerprint density at radius 2 is 1.78 bits per heavy atom. The number of ether oxygens (including phenoxy) is 3. The maximum absolute atomic E-state index is 13.6. The summed E-state index contributed by atoms with van der Waals surface area (Å²) in [7, 11) is 0. The number of hydrogen-bond acceptors (Lipinski definition) is 5. The van der Waals surface area contributed by atoms with Gasteiger partial charge in [-0.25, -0.2) is 13.8 Å². The maximum atomic E-state index is 13.6. The Balaban J connectivity index is 1.55. The predicted molar refractivity (Wildman–Crippen MR) is 89.2 cm³/mol. The number of benzene rings is 2. The number of rotatable bonds is 4. The molecule has 0 bridgehead atoms. The first kappa shape index (κ1) is 17.6. The van der Waals surface area contributed by atoms with Gasteiger partial charge in [0.15, 0.2) is 11.5 Å². The van der Waals surface area contributed by atoms with Gasteiger partial charge in [0.05, 0.1) is 10.4 Å². The topological polar surface area (TPSA) is 40.6 Å². The fourth-order valence-electron chi connectivity index (χ4n) is 2.62. The van der Waals surface area contributed by atoms with Gasteiger partial charge < -0.3 is 14.2 Å². The molecular formula is C18H11F4NO3S. The van der Waals surface area contributed by atoms with Crippen LogP contribution in [0.1, 0.15) is 11.1 Å². The molecule has 0 N–H and O–H groups in total. The molecule has 0 fully saturated rings. The van der Waals surface area contributed by atoms with Gasteiger partial charge in [0.2, 0.25) is 0 Å². The number of fused-ring (bicyclic) bond motifs is 1. The molecule has 1 aliphatic heterocycles. The van der Waals surface area contributed by atoms with E-state index in [9.17, 15) is 17.6 Å². The summed E-state index contributed by atoms with van der Waals surface area (Å²) < 4.78 is 67.9. The number of aryl methyl sites for hydroxylation is 1. The molecule has 1 aliphatic rings. The summed E-state index contributed by atoms with van der Waals surface area (Å²) in [6.07, 6.45) is -2.21. The van der Waals surface area contributed by atoms with E-state index >= 15 is 0 Å². The molecule has 0 radical (unpaired) electrons. The first-order chi connectivity index (χ1) is 12.8. The summed E-state index contributed by atoms with van der Waals surface area (Å²) in [4.78, 5) is 4.68. The Morgan fingerprint density at radius 3 is 2.48 bits per heavy atom. The molecule has 140 valence electrons. The fourth-order valence-corrected chi connectivity index (χ4v) is 3.46. The summed E-state index contributed by atoms with van der Waals surface area (Å²) in [5, 5.41) is 0.190. The molecule has 1 aromatic heterocycles. The second-order valence-electron chi connectivity index (χ2n) is 5.76. The molecular weight excluding hydrogens is 386 g/mol. The number of thiazole rings is 1. The Hall–Kier alpha value is -2.81. The van der Waals surface area contributed by atoms with Crippen molar-refractivity contribution in [2.24, 2.45) is 0 Å². The van der Waals surface area contributed by atoms with Crippen molar-refractivity contribution in [1.29, 1.82) is 0 Å². The molecule has 0 unspecified atom stereocenters. The summed E-state index contributed by atoms with van der Waals surface area (Å²) >= 11 is 1.11. The fraction of sp³-hybridized carbons (Fsp3) is 0.167. The third kappa shape index (κ3) is 3.42. The van der Waals surface area contributed by atoms with Crippen LogP contribution in [-0.2, 0) is 6.61 Å². The number of alkyl halides is 2. The highest BCUT2D eigenvalue weighted by Gasteiger charge is 2.43. The van der Waals surface area contributed by atoms with Crippen LogP contribution < -0.4 is 14.2 Å². The van der Waals surface area contributed by atoms with Crippen molar-refractivity contribution < 1.29 is 31.8 Å². The Morgan fingerprint density at radius 1 is 1.11 bits per heavy atom. The van der Waals surface area contributed by atoms with E-state index < -0.39 is 17.9 Å². The van der Waals surface area contributed by atoms with Gasteiger partial charge in [0.1, 0.15) is 18.2 Å². The molecule has 0 saturated heterocycles. The van der Waals surface area contributed by atoms with Crippen molar-refractivity contribution in [2.45, 2.75) is 19.8 Å². The zero-order chi connectivity index (χ0) is 19.2. The van der Waals surface area contributed by atoms with Crippen molar-refractivity contribution in [3.05, 3.63) is 59.3 Å². The van der Waals surface area contributed by atoms with Gasteiger partial charge in [-0.1, -0.05) is 17.4 Å². The SMILES string of the molecule is Cc1cc2c(cc1-c1cnc(OCc3c(F)cccc3F)s1)OC(F)(F)O2. The third-order valence-corrected chi connectivity index (χ3v) is 4.84. The maximum Gasteiger partial charge on any atom is 0.586 e. The normalized spacial score (nSPS) is 14.4. The van der Waals surface area contributed by atoms with Crippen LogP contribution in [0.4, 0.5) is 17.6 Å². The van der Waals surface area contributed by atoms with Gasteiger partial charge in [0.25, 0.3) is 5.19 Å². The number of hydrogen-bond donors (Lipinski definition) is 0. The molecule has 0 spiro atoms. The van der Waals surface area contributed by atoms with Crippen LogP contribution in [0.3, 0.4) is 0 Å². The van der Waals surface area contributed by atoms with Crippen molar-refractivity contribution in [1.82, 2.24) is 4.98 Å². The molecule has 2 aromatic carbocycles. The van der Waals surface area contributed by atoms with Crippen molar-refractivity contribution in [3.8, 4) is 27.1 Å². The van der Waals surface area contributed by atoms with Gasteiger partial charge in [0, 0.05) is 11.8 Å². The molecule has 4 rings (SSSR count). The second kappa shape index (κ2) is 6.41. The zero-order valence-electron chi connectivity index (χ0n) is 13.8. The summed E-state index contributed by atoms with van der Waals surface area (Å²) in [5.74, 6) is -1.54. The minimum absolute atomic E-state index is 0.0442. The van der Waals surface area contributed by atoms with Gasteiger partial charge in [-0.3, -0.25) is 0 Å². The summed E-state index contributed by atoms with van der Waals surface area (Å²) in [6, 6.07) is 6.42. The lowest BCUT2D eigenvalue weighted by Crippen LogP contribution is -2.25. The highest BCUT2D eigenvalue weighted by molar-refractivity contribution is 7.16. The molecule has 9 heteroatoms. The summed E-state index contributed by atoms with van der Waals surface area (Å²) in [5.41, 5.74) is 1.08. The minimum Gasteiger partial charge on any atom is -0.465 e. The van der Waals surface area contributed by atoms with Crippen molar-refractivity contribution in [3.63, 3.8) is 0 Å². The molecule has 0 atom stereocenters. The monoisotopic (exact) mass is 397 g/mol. The van der Waals surface area contributed by atoms with Crippen LogP contribution in [-0.4, -0.2) is 11.3 Å². The third-order valence-electron chi connectivity index (χ3n) is 3.90. The molecule has 3 aromatic rings. The van der Waals surface area contributed by atoms with Gasteiger partial charge in [-0.15, -0.1) is 8.78 Å². The van der Waals surface area contributed by atoms with E-state index in [0.29, 0.717) is 16.0 Å². The lowest BCUT2D eigenvalue weighted by molar-refractivity contribution is -0.286. The quantitative estimate of drug-likeness (QED) is 0.561. The van der Waals surface area contributed by atoms with Crippen LogP contribution in [0.5, 0.6) is 16.7 Å².